The van der Waals surface area contributed by atoms with Crippen molar-refractivity contribution < 1.29 is 4.74 Å². The summed E-state index contributed by atoms with van der Waals surface area (Å²) in [6, 6.07) is 17.9. The van der Waals surface area contributed by atoms with Gasteiger partial charge in [-0.05, 0) is 55.9 Å². The molecule has 2 heterocycles. The van der Waals surface area contributed by atoms with E-state index in [0.717, 1.165) is 59.8 Å². The summed E-state index contributed by atoms with van der Waals surface area (Å²) in [6.45, 7) is 0. The van der Waals surface area contributed by atoms with Gasteiger partial charge >= 0.3 is 0 Å². The Balaban J connectivity index is 1.56. The van der Waals surface area contributed by atoms with Gasteiger partial charge in [0, 0.05) is 24.0 Å². The molecule has 2 aromatic heterocycles. The number of anilines is 3. The van der Waals surface area contributed by atoms with Gasteiger partial charge in [-0.1, -0.05) is 30.3 Å². The topological polar surface area (TPSA) is 103 Å². The Morgan fingerprint density at radius 3 is 2.52 bits per heavy atom. The van der Waals surface area contributed by atoms with Crippen LogP contribution in [0.25, 0.3) is 5.65 Å². The number of rotatable bonds is 5. The third-order valence-corrected chi connectivity index (χ3v) is 5.90. The van der Waals surface area contributed by atoms with E-state index in [2.05, 4.69) is 15.4 Å². The Bertz CT molecular complexity index is 1180. The molecule has 7 nitrogen and oxygen atoms in total. The second-order valence-electron chi connectivity index (χ2n) is 8.02. The number of fused-ring (bicyclic) bond motifs is 1. The first-order chi connectivity index (χ1) is 15.2. The highest BCUT2D eigenvalue weighted by atomic mass is 16.5. The van der Waals surface area contributed by atoms with Crippen LogP contribution < -0.4 is 21.5 Å². The number of ether oxygens (including phenoxy) is 1. The molecular formula is C24H26N6O. The Morgan fingerprint density at radius 1 is 0.968 bits per heavy atom. The number of nitrogens with two attached hydrogens (primary N) is 2. The number of para-hydroxylation sites is 3. The second kappa shape index (κ2) is 8.28. The number of hydrogen-bond acceptors (Lipinski definition) is 6. The molecule has 1 aliphatic carbocycles. The molecule has 0 aliphatic heterocycles. The quantitative estimate of drug-likeness (QED) is 0.432. The Kier molecular flexibility index (Phi) is 5.18. The molecule has 7 heteroatoms. The summed E-state index contributed by atoms with van der Waals surface area (Å²) in [5.41, 5.74) is 16.1. The number of nitrogens with zero attached hydrogens (tertiary/aromatic N) is 3. The molecule has 0 saturated heterocycles. The predicted molar refractivity (Wildman–Crippen MR) is 123 cm³/mol. The van der Waals surface area contributed by atoms with Crippen LogP contribution in [-0.2, 0) is 0 Å². The number of hydrogen-bond donors (Lipinski definition) is 3. The lowest BCUT2D eigenvalue weighted by Gasteiger charge is -2.29. The maximum atomic E-state index is 6.47. The molecule has 1 saturated carbocycles. The maximum Gasteiger partial charge on any atom is 0.177 e. The van der Waals surface area contributed by atoms with Gasteiger partial charge in [0.15, 0.2) is 11.4 Å². The first kappa shape index (κ1) is 19.4. The fourth-order valence-electron chi connectivity index (χ4n) is 4.33. The minimum atomic E-state index is 0.261. The largest absolute Gasteiger partial charge is 0.455 e. The van der Waals surface area contributed by atoms with Gasteiger partial charge in [0.1, 0.15) is 11.6 Å². The Hall–Kier alpha value is -3.58. The molecule has 1 aliphatic rings. The molecular weight excluding hydrogens is 388 g/mol. The number of imidazole rings is 1. The van der Waals surface area contributed by atoms with Crippen LogP contribution in [0.3, 0.4) is 0 Å². The van der Waals surface area contributed by atoms with Crippen molar-refractivity contribution >= 4 is 22.8 Å². The third-order valence-electron chi connectivity index (χ3n) is 5.90. The van der Waals surface area contributed by atoms with Gasteiger partial charge in [-0.3, -0.25) is 0 Å². The molecule has 0 unspecified atom stereocenters. The average Bonchev–Trinajstić information content (AvgIpc) is 3.25. The summed E-state index contributed by atoms with van der Waals surface area (Å²) >= 11 is 0. The van der Waals surface area contributed by atoms with Crippen LogP contribution in [0.15, 0.2) is 67.0 Å². The molecule has 1 fully saturated rings. The normalized spacial score (nSPS) is 18.7. The molecule has 4 aromatic rings. The summed E-state index contributed by atoms with van der Waals surface area (Å²) in [6.07, 6.45) is 7.49. The van der Waals surface area contributed by atoms with Crippen molar-refractivity contribution in [3.05, 3.63) is 72.6 Å². The van der Waals surface area contributed by atoms with Crippen LogP contribution in [0.2, 0.25) is 0 Å². The van der Waals surface area contributed by atoms with Gasteiger partial charge in [-0.2, -0.15) is 0 Å². The number of nitrogens with one attached hydrogen (secondary N) is 1. The number of aromatic nitrogens is 3. The molecule has 0 radical (unpaired) electrons. The van der Waals surface area contributed by atoms with Crippen molar-refractivity contribution in [2.75, 3.05) is 11.1 Å². The predicted octanol–water partition coefficient (Wildman–Crippen LogP) is 4.83. The van der Waals surface area contributed by atoms with E-state index in [9.17, 15) is 0 Å². The zero-order chi connectivity index (χ0) is 21.2. The second-order valence-corrected chi connectivity index (χ2v) is 8.02. The Morgan fingerprint density at radius 2 is 1.71 bits per heavy atom. The molecule has 5 N–H and O–H groups in total. The van der Waals surface area contributed by atoms with E-state index in [0.29, 0.717) is 11.7 Å². The smallest absolute Gasteiger partial charge is 0.177 e. The summed E-state index contributed by atoms with van der Waals surface area (Å²) in [7, 11) is 0. The van der Waals surface area contributed by atoms with Crippen LogP contribution in [0.4, 0.5) is 17.2 Å². The molecule has 2 aromatic carbocycles. The molecule has 0 amide bonds. The highest BCUT2D eigenvalue weighted by Gasteiger charge is 2.27. The molecule has 31 heavy (non-hydrogen) atoms. The van der Waals surface area contributed by atoms with Crippen molar-refractivity contribution in [3.63, 3.8) is 0 Å². The van der Waals surface area contributed by atoms with Crippen LogP contribution in [0.5, 0.6) is 11.5 Å². The van der Waals surface area contributed by atoms with Crippen LogP contribution in [0, 0.1) is 0 Å². The van der Waals surface area contributed by atoms with E-state index < -0.39 is 0 Å². The van der Waals surface area contributed by atoms with Gasteiger partial charge < -0.3 is 21.5 Å². The summed E-state index contributed by atoms with van der Waals surface area (Å²) < 4.78 is 7.87. The molecule has 5 rings (SSSR count). The lowest BCUT2D eigenvalue weighted by atomic mass is 9.81. The first-order valence-electron chi connectivity index (χ1n) is 10.7. The van der Waals surface area contributed by atoms with Crippen molar-refractivity contribution in [2.24, 2.45) is 5.73 Å². The fourth-order valence-corrected chi connectivity index (χ4v) is 4.33. The van der Waals surface area contributed by atoms with Crippen molar-refractivity contribution in [3.8, 4) is 11.5 Å². The molecule has 158 valence electrons. The fraction of sp³-hybridized carbons (Fsp3) is 0.250. The van der Waals surface area contributed by atoms with E-state index in [-0.39, 0.29) is 6.04 Å². The zero-order valence-corrected chi connectivity index (χ0v) is 17.2. The summed E-state index contributed by atoms with van der Waals surface area (Å²) in [5.74, 6) is 2.32. The number of benzene rings is 2. The van der Waals surface area contributed by atoms with E-state index in [1.54, 1.807) is 10.7 Å². The van der Waals surface area contributed by atoms with Crippen molar-refractivity contribution in [1.82, 2.24) is 14.6 Å². The van der Waals surface area contributed by atoms with E-state index in [1.807, 2.05) is 60.8 Å². The van der Waals surface area contributed by atoms with Crippen molar-refractivity contribution in [2.45, 2.75) is 37.6 Å². The lowest BCUT2D eigenvalue weighted by molar-refractivity contribution is 0.396. The first-order valence-corrected chi connectivity index (χ1v) is 10.7. The molecule has 0 spiro atoms. The van der Waals surface area contributed by atoms with Gasteiger partial charge in [0.25, 0.3) is 0 Å². The van der Waals surface area contributed by atoms with Gasteiger partial charge in [-0.15, -0.1) is 5.10 Å². The van der Waals surface area contributed by atoms with E-state index in [4.69, 9.17) is 16.2 Å². The van der Waals surface area contributed by atoms with Gasteiger partial charge in [-0.25, -0.2) is 9.50 Å². The minimum absolute atomic E-state index is 0.261. The Labute approximate surface area is 181 Å². The standard InChI is InChI=1S/C24H26N6O/c25-17-12-10-16(11-13-17)21-22(24-27-14-15-30(24)29-23(21)26)28-19-8-4-5-9-20(19)31-18-6-2-1-3-7-18/h1-9,14-17,28H,10-13,25H2,(H2,26,29). The SMILES string of the molecule is Nc1nn2ccnc2c(Nc2ccccc2Oc2ccccc2)c1C1CCC(N)CC1. The third kappa shape index (κ3) is 3.92. The zero-order valence-electron chi connectivity index (χ0n) is 17.2. The van der Waals surface area contributed by atoms with E-state index in [1.165, 1.54) is 0 Å². The number of nitrogen functional groups attached to an aromatic ring is 1. The average molecular weight is 415 g/mol. The van der Waals surface area contributed by atoms with Crippen LogP contribution >= 0.6 is 0 Å². The van der Waals surface area contributed by atoms with Crippen LogP contribution in [0.1, 0.15) is 37.2 Å². The monoisotopic (exact) mass is 414 g/mol. The lowest BCUT2D eigenvalue weighted by Crippen LogP contribution is -2.26. The summed E-state index contributed by atoms with van der Waals surface area (Å²) in [4.78, 5) is 4.56. The highest BCUT2D eigenvalue weighted by molar-refractivity contribution is 5.82. The molecule has 0 bridgehead atoms. The van der Waals surface area contributed by atoms with Gasteiger partial charge in [0.2, 0.25) is 0 Å². The van der Waals surface area contributed by atoms with Crippen LogP contribution in [-0.4, -0.2) is 20.6 Å². The van der Waals surface area contributed by atoms with E-state index >= 15 is 0 Å². The molecule has 0 atom stereocenters. The van der Waals surface area contributed by atoms with Gasteiger partial charge in [0.05, 0.1) is 11.4 Å². The summed E-state index contributed by atoms with van der Waals surface area (Å²) in [5, 5.41) is 8.13. The minimum Gasteiger partial charge on any atom is -0.455 e. The van der Waals surface area contributed by atoms with Crippen molar-refractivity contribution in [1.29, 1.82) is 0 Å². The maximum absolute atomic E-state index is 6.47. The highest BCUT2D eigenvalue weighted by Crippen LogP contribution is 2.42.